The van der Waals surface area contributed by atoms with Crippen molar-refractivity contribution >= 4 is 29.9 Å². The van der Waals surface area contributed by atoms with Gasteiger partial charge in [0.2, 0.25) is 11.8 Å². The number of pyridine rings is 1. The molecule has 0 atom stereocenters. The van der Waals surface area contributed by atoms with Crippen molar-refractivity contribution in [3.05, 3.63) is 66.2 Å². The normalized spacial score (nSPS) is 11.6. The van der Waals surface area contributed by atoms with Crippen molar-refractivity contribution in [1.82, 2.24) is 20.6 Å². The Bertz CT molecular complexity index is 996. The molecule has 3 aromatic rings. The molecule has 3 rings (SSSR count). The maximum Gasteiger partial charge on any atom is 0.422 e. The van der Waals surface area contributed by atoms with Gasteiger partial charge in [0.1, 0.15) is 6.26 Å². The Kier molecular flexibility index (Phi) is 9.75. The minimum absolute atomic E-state index is 0. The highest BCUT2D eigenvalue weighted by molar-refractivity contribution is 14.0. The number of nitrogens with zero attached hydrogens (tertiary/aromatic N) is 3. The van der Waals surface area contributed by atoms with Crippen molar-refractivity contribution in [3.63, 3.8) is 0 Å². The third-order valence-corrected chi connectivity index (χ3v) is 3.98. The Balaban J connectivity index is 0.00000363. The average Bonchev–Trinajstić information content (AvgIpc) is 3.24. The van der Waals surface area contributed by atoms with Crippen molar-refractivity contribution in [2.45, 2.75) is 26.2 Å². The molecule has 0 unspecified atom stereocenters. The molecule has 0 bridgehead atoms. The Morgan fingerprint density at radius 3 is 2.62 bits per heavy atom. The summed E-state index contributed by atoms with van der Waals surface area (Å²) in [6.07, 6.45) is -1.51. The molecule has 0 saturated carbocycles. The maximum atomic E-state index is 12.4. The molecule has 2 aromatic heterocycles. The van der Waals surface area contributed by atoms with E-state index in [9.17, 15) is 13.2 Å². The van der Waals surface area contributed by atoms with Gasteiger partial charge >= 0.3 is 6.18 Å². The minimum atomic E-state index is -4.44. The molecule has 2 heterocycles. The first-order valence-corrected chi connectivity index (χ1v) is 9.60. The molecule has 0 fully saturated rings. The van der Waals surface area contributed by atoms with Crippen LogP contribution in [-0.4, -0.2) is 35.3 Å². The van der Waals surface area contributed by atoms with Gasteiger partial charge < -0.3 is 19.8 Å². The number of rotatable bonds is 8. The van der Waals surface area contributed by atoms with E-state index in [1.54, 1.807) is 18.4 Å². The number of halogens is 4. The van der Waals surface area contributed by atoms with Crippen LogP contribution in [0, 0.1) is 0 Å². The zero-order valence-electron chi connectivity index (χ0n) is 17.2. The standard InChI is InChI=1S/C21H22F3N5O2.HI/c1-2-25-20(27-11-16-9-6-10-26-18(16)31-14-21(22,23)24)28-12-17-13-30-19(29-17)15-7-4-3-5-8-15;/h3-10,13H,2,11-12,14H2,1H3,(H2,25,27,28);1H. The van der Waals surface area contributed by atoms with Crippen LogP contribution in [0.1, 0.15) is 18.2 Å². The summed E-state index contributed by atoms with van der Waals surface area (Å²) in [5.41, 5.74) is 1.99. The van der Waals surface area contributed by atoms with Gasteiger partial charge in [-0.15, -0.1) is 24.0 Å². The molecule has 32 heavy (non-hydrogen) atoms. The first kappa shape index (κ1) is 25.4. The lowest BCUT2D eigenvalue weighted by molar-refractivity contribution is -0.154. The Morgan fingerprint density at radius 2 is 1.91 bits per heavy atom. The number of nitrogens with one attached hydrogen (secondary N) is 2. The van der Waals surface area contributed by atoms with Gasteiger partial charge in [0.05, 0.1) is 18.8 Å². The first-order valence-electron chi connectivity index (χ1n) is 9.60. The van der Waals surface area contributed by atoms with Crippen LogP contribution in [0.4, 0.5) is 13.2 Å². The van der Waals surface area contributed by atoms with Crippen molar-refractivity contribution < 1.29 is 22.3 Å². The molecular formula is C21H23F3IN5O2. The van der Waals surface area contributed by atoms with Gasteiger partial charge in [-0.2, -0.15) is 13.2 Å². The highest BCUT2D eigenvalue weighted by Crippen LogP contribution is 2.21. The molecule has 2 N–H and O–H groups in total. The van der Waals surface area contributed by atoms with Crippen LogP contribution in [0.5, 0.6) is 5.88 Å². The number of benzene rings is 1. The van der Waals surface area contributed by atoms with Gasteiger partial charge in [0, 0.05) is 23.9 Å². The van der Waals surface area contributed by atoms with Gasteiger partial charge in [0.15, 0.2) is 12.6 Å². The summed E-state index contributed by atoms with van der Waals surface area (Å²) in [7, 11) is 0. The topological polar surface area (TPSA) is 84.6 Å². The third-order valence-electron chi connectivity index (χ3n) is 3.98. The van der Waals surface area contributed by atoms with Crippen LogP contribution < -0.4 is 15.4 Å². The van der Waals surface area contributed by atoms with Crippen LogP contribution in [0.2, 0.25) is 0 Å². The molecule has 0 saturated heterocycles. The fraction of sp³-hybridized carbons (Fsp3) is 0.286. The summed E-state index contributed by atoms with van der Waals surface area (Å²) in [4.78, 5) is 12.7. The smallest absolute Gasteiger partial charge is 0.422 e. The summed E-state index contributed by atoms with van der Waals surface area (Å²) in [5.74, 6) is 0.891. The summed E-state index contributed by atoms with van der Waals surface area (Å²) in [6.45, 7) is 1.54. The zero-order chi connectivity index (χ0) is 22.1. The first-order chi connectivity index (χ1) is 14.9. The van der Waals surface area contributed by atoms with E-state index < -0.39 is 12.8 Å². The molecule has 0 aliphatic heterocycles. The quantitative estimate of drug-likeness (QED) is 0.239. The van der Waals surface area contributed by atoms with Crippen LogP contribution in [0.25, 0.3) is 11.5 Å². The van der Waals surface area contributed by atoms with E-state index >= 15 is 0 Å². The van der Waals surface area contributed by atoms with Crippen LogP contribution >= 0.6 is 24.0 Å². The summed E-state index contributed by atoms with van der Waals surface area (Å²) < 4.78 is 47.6. The molecule has 0 spiro atoms. The lowest BCUT2D eigenvalue weighted by Crippen LogP contribution is -2.36. The Hall–Kier alpha value is -2.83. The molecule has 0 radical (unpaired) electrons. The van der Waals surface area contributed by atoms with Crippen LogP contribution in [0.3, 0.4) is 0 Å². The Labute approximate surface area is 200 Å². The largest absolute Gasteiger partial charge is 0.468 e. The number of oxazole rings is 1. The fourth-order valence-corrected chi connectivity index (χ4v) is 2.61. The van der Waals surface area contributed by atoms with E-state index in [-0.39, 0.29) is 36.4 Å². The lowest BCUT2D eigenvalue weighted by atomic mass is 10.2. The lowest BCUT2D eigenvalue weighted by Gasteiger charge is -2.12. The molecule has 0 amide bonds. The van der Waals surface area contributed by atoms with E-state index in [0.717, 1.165) is 5.56 Å². The molecule has 0 aliphatic rings. The fourth-order valence-electron chi connectivity index (χ4n) is 2.61. The van der Waals surface area contributed by atoms with Gasteiger partial charge in [-0.05, 0) is 25.1 Å². The van der Waals surface area contributed by atoms with Crippen molar-refractivity contribution in [3.8, 4) is 17.3 Å². The number of hydrogen-bond acceptors (Lipinski definition) is 5. The monoisotopic (exact) mass is 561 g/mol. The Morgan fingerprint density at radius 1 is 1.12 bits per heavy atom. The van der Waals surface area contributed by atoms with Gasteiger partial charge in [-0.1, -0.05) is 24.3 Å². The predicted octanol–water partition coefficient (Wildman–Crippen LogP) is 4.55. The minimum Gasteiger partial charge on any atom is -0.468 e. The summed E-state index contributed by atoms with van der Waals surface area (Å²) in [6, 6.07) is 12.8. The van der Waals surface area contributed by atoms with Gasteiger partial charge in [-0.25, -0.2) is 15.0 Å². The number of aromatic nitrogens is 2. The number of guanidine groups is 1. The van der Waals surface area contributed by atoms with Crippen LogP contribution in [0.15, 0.2) is 64.3 Å². The van der Waals surface area contributed by atoms with E-state index in [0.29, 0.717) is 36.2 Å². The average molecular weight is 561 g/mol. The summed E-state index contributed by atoms with van der Waals surface area (Å²) in [5, 5.41) is 6.20. The second kappa shape index (κ2) is 12.3. The number of aliphatic imine (C=N–C) groups is 1. The van der Waals surface area contributed by atoms with Crippen molar-refractivity contribution in [1.29, 1.82) is 0 Å². The van der Waals surface area contributed by atoms with Crippen LogP contribution in [-0.2, 0) is 13.1 Å². The van der Waals surface area contributed by atoms with Crippen molar-refractivity contribution in [2.75, 3.05) is 13.2 Å². The third kappa shape index (κ3) is 8.02. The second-order valence-corrected chi connectivity index (χ2v) is 6.43. The van der Waals surface area contributed by atoms with E-state index in [2.05, 4.69) is 25.6 Å². The molecule has 7 nitrogen and oxygen atoms in total. The molecule has 172 valence electrons. The number of hydrogen-bond donors (Lipinski definition) is 2. The molecular weight excluding hydrogens is 538 g/mol. The van der Waals surface area contributed by atoms with E-state index in [1.807, 2.05) is 37.3 Å². The van der Waals surface area contributed by atoms with Crippen molar-refractivity contribution in [2.24, 2.45) is 4.99 Å². The van der Waals surface area contributed by atoms with E-state index in [4.69, 9.17) is 9.15 Å². The number of ether oxygens (including phenoxy) is 1. The predicted molar refractivity (Wildman–Crippen MR) is 125 cm³/mol. The molecule has 11 heteroatoms. The van der Waals surface area contributed by atoms with Gasteiger partial charge in [0.25, 0.3) is 0 Å². The zero-order valence-corrected chi connectivity index (χ0v) is 19.6. The SMILES string of the molecule is CCNC(=NCc1cccnc1OCC(F)(F)F)NCc1coc(-c2ccccc2)n1.I. The highest BCUT2D eigenvalue weighted by Gasteiger charge is 2.29. The molecule has 0 aliphatic carbocycles. The second-order valence-electron chi connectivity index (χ2n) is 6.43. The number of alkyl halides is 3. The highest BCUT2D eigenvalue weighted by atomic mass is 127. The summed E-state index contributed by atoms with van der Waals surface area (Å²) >= 11 is 0. The van der Waals surface area contributed by atoms with Gasteiger partial charge in [-0.3, -0.25) is 0 Å². The van der Waals surface area contributed by atoms with E-state index in [1.165, 1.54) is 6.20 Å². The molecule has 1 aromatic carbocycles. The maximum absolute atomic E-state index is 12.4.